The lowest BCUT2D eigenvalue weighted by molar-refractivity contribution is -0.135. The minimum Gasteiger partial charge on any atom is -0.480 e. The van der Waals surface area contributed by atoms with E-state index in [9.17, 15) is 9.59 Å². The quantitative estimate of drug-likeness (QED) is 0.728. The van der Waals surface area contributed by atoms with E-state index in [0.29, 0.717) is 11.3 Å². The van der Waals surface area contributed by atoms with Crippen molar-refractivity contribution >= 4 is 11.9 Å². The van der Waals surface area contributed by atoms with Crippen LogP contribution in [0.4, 0.5) is 0 Å². The van der Waals surface area contributed by atoms with Gasteiger partial charge in [-0.3, -0.25) is 14.3 Å². The van der Waals surface area contributed by atoms with Crippen molar-refractivity contribution in [1.29, 1.82) is 0 Å². The van der Waals surface area contributed by atoms with E-state index in [1.165, 1.54) is 0 Å². The summed E-state index contributed by atoms with van der Waals surface area (Å²) >= 11 is 0. The van der Waals surface area contributed by atoms with Crippen molar-refractivity contribution in [3.8, 4) is 0 Å². The summed E-state index contributed by atoms with van der Waals surface area (Å²) in [5.41, 5.74) is 1.76. The Balaban J connectivity index is 2.86. The molecular formula is C9H13N3O3. The van der Waals surface area contributed by atoms with E-state index >= 15 is 0 Å². The van der Waals surface area contributed by atoms with Gasteiger partial charge in [0.15, 0.2) is 0 Å². The number of hydrogen-bond acceptors (Lipinski definition) is 3. The van der Waals surface area contributed by atoms with Crippen LogP contribution < -0.4 is 5.32 Å². The molecule has 1 aromatic heterocycles. The highest BCUT2D eigenvalue weighted by Gasteiger charge is 2.17. The van der Waals surface area contributed by atoms with Gasteiger partial charge in [0.25, 0.3) is 5.91 Å². The number of carbonyl (C=O) groups excluding carboxylic acids is 1. The summed E-state index contributed by atoms with van der Waals surface area (Å²) in [7, 11) is 1.73. The second kappa shape index (κ2) is 4.12. The fourth-order valence-corrected chi connectivity index (χ4v) is 1.35. The number of nitrogens with one attached hydrogen (secondary N) is 1. The van der Waals surface area contributed by atoms with Gasteiger partial charge in [-0.05, 0) is 13.8 Å². The van der Waals surface area contributed by atoms with E-state index < -0.39 is 11.9 Å². The van der Waals surface area contributed by atoms with Crippen molar-refractivity contribution in [2.75, 3.05) is 6.54 Å². The standard InChI is InChI=1S/C9H13N3O3/c1-5-8(6(2)12(3)11-5)9(15)10-4-7(13)14/h4H2,1-3H3,(H,10,15)(H,13,14). The van der Waals surface area contributed by atoms with Crippen LogP contribution in [0, 0.1) is 13.8 Å². The molecule has 0 aliphatic rings. The summed E-state index contributed by atoms with van der Waals surface area (Å²) in [6, 6.07) is 0. The second-order valence-corrected chi connectivity index (χ2v) is 3.25. The Morgan fingerprint density at radius 1 is 1.47 bits per heavy atom. The van der Waals surface area contributed by atoms with Gasteiger partial charge < -0.3 is 10.4 Å². The lowest BCUT2D eigenvalue weighted by atomic mass is 10.2. The van der Waals surface area contributed by atoms with Crippen LogP contribution >= 0.6 is 0 Å². The molecule has 6 nitrogen and oxygen atoms in total. The average Bonchev–Trinajstić information content (AvgIpc) is 2.37. The molecule has 82 valence electrons. The largest absolute Gasteiger partial charge is 0.480 e. The van der Waals surface area contributed by atoms with Gasteiger partial charge in [-0.25, -0.2) is 0 Å². The number of carbonyl (C=O) groups is 2. The van der Waals surface area contributed by atoms with Gasteiger partial charge in [0, 0.05) is 12.7 Å². The monoisotopic (exact) mass is 211 g/mol. The molecule has 1 rings (SSSR count). The number of carboxylic acid groups (broad SMARTS) is 1. The van der Waals surface area contributed by atoms with Crippen LogP contribution in [0.2, 0.25) is 0 Å². The number of hydrogen-bond donors (Lipinski definition) is 2. The van der Waals surface area contributed by atoms with Gasteiger partial charge in [0.2, 0.25) is 0 Å². The Bertz CT molecular complexity index is 409. The highest BCUT2D eigenvalue weighted by molar-refractivity contribution is 5.97. The molecule has 0 radical (unpaired) electrons. The van der Waals surface area contributed by atoms with Gasteiger partial charge in [-0.15, -0.1) is 0 Å². The number of nitrogens with zero attached hydrogens (tertiary/aromatic N) is 2. The van der Waals surface area contributed by atoms with E-state index in [4.69, 9.17) is 5.11 Å². The minimum atomic E-state index is -1.07. The highest BCUT2D eigenvalue weighted by Crippen LogP contribution is 2.10. The van der Waals surface area contributed by atoms with Gasteiger partial charge in [0.1, 0.15) is 6.54 Å². The fourth-order valence-electron chi connectivity index (χ4n) is 1.35. The third kappa shape index (κ3) is 2.34. The number of aryl methyl sites for hydroxylation is 2. The third-order valence-corrected chi connectivity index (χ3v) is 2.14. The molecule has 2 N–H and O–H groups in total. The van der Waals surface area contributed by atoms with Crippen LogP contribution in [-0.2, 0) is 11.8 Å². The number of carboxylic acids is 1. The van der Waals surface area contributed by atoms with Crippen molar-refractivity contribution in [2.45, 2.75) is 13.8 Å². The molecule has 0 saturated heterocycles. The van der Waals surface area contributed by atoms with Crippen molar-refractivity contribution in [1.82, 2.24) is 15.1 Å². The normalized spacial score (nSPS) is 10.1. The van der Waals surface area contributed by atoms with Crippen LogP contribution in [0.25, 0.3) is 0 Å². The zero-order valence-corrected chi connectivity index (χ0v) is 8.87. The molecule has 0 saturated carbocycles. The molecule has 0 unspecified atom stereocenters. The molecule has 0 aliphatic heterocycles. The minimum absolute atomic E-state index is 0.382. The average molecular weight is 211 g/mol. The third-order valence-electron chi connectivity index (χ3n) is 2.14. The van der Waals surface area contributed by atoms with Crippen molar-refractivity contribution in [2.24, 2.45) is 7.05 Å². The maximum atomic E-state index is 11.6. The molecular weight excluding hydrogens is 198 g/mol. The first-order valence-corrected chi connectivity index (χ1v) is 4.43. The van der Waals surface area contributed by atoms with Gasteiger partial charge in [-0.2, -0.15) is 5.10 Å². The summed E-state index contributed by atoms with van der Waals surface area (Å²) < 4.78 is 1.59. The van der Waals surface area contributed by atoms with Crippen LogP contribution in [0.5, 0.6) is 0 Å². The van der Waals surface area contributed by atoms with E-state index in [-0.39, 0.29) is 6.54 Å². The van der Waals surface area contributed by atoms with Crippen molar-refractivity contribution in [3.05, 3.63) is 17.0 Å². The van der Waals surface area contributed by atoms with E-state index in [2.05, 4.69) is 10.4 Å². The predicted octanol–water partition coefficient (Wildman–Crippen LogP) is -0.149. The Labute approximate surface area is 86.9 Å². The summed E-state index contributed by atoms with van der Waals surface area (Å²) in [4.78, 5) is 21.9. The number of aromatic nitrogens is 2. The van der Waals surface area contributed by atoms with Crippen molar-refractivity contribution in [3.63, 3.8) is 0 Å². The Morgan fingerprint density at radius 3 is 2.47 bits per heavy atom. The Hall–Kier alpha value is -1.85. The Kier molecular flexibility index (Phi) is 3.08. The van der Waals surface area contributed by atoms with Crippen LogP contribution in [0.3, 0.4) is 0 Å². The molecule has 1 amide bonds. The molecule has 6 heteroatoms. The molecule has 0 aliphatic carbocycles. The SMILES string of the molecule is Cc1nn(C)c(C)c1C(=O)NCC(=O)O. The van der Waals surface area contributed by atoms with Gasteiger partial charge in [0.05, 0.1) is 11.3 Å². The first kappa shape index (κ1) is 11.2. The number of rotatable bonds is 3. The summed E-state index contributed by atoms with van der Waals surface area (Å²) in [6.07, 6.45) is 0. The number of amides is 1. The van der Waals surface area contributed by atoms with Gasteiger partial charge >= 0.3 is 5.97 Å². The van der Waals surface area contributed by atoms with Crippen LogP contribution in [-0.4, -0.2) is 33.3 Å². The smallest absolute Gasteiger partial charge is 0.322 e. The zero-order chi connectivity index (χ0) is 11.6. The fraction of sp³-hybridized carbons (Fsp3) is 0.444. The second-order valence-electron chi connectivity index (χ2n) is 3.25. The molecule has 0 spiro atoms. The molecule has 0 bridgehead atoms. The zero-order valence-electron chi connectivity index (χ0n) is 8.87. The first-order chi connectivity index (χ1) is 6.93. The number of aliphatic carboxylic acids is 1. The molecule has 0 aromatic carbocycles. The maximum absolute atomic E-state index is 11.6. The summed E-state index contributed by atoms with van der Waals surface area (Å²) in [5.74, 6) is -1.47. The molecule has 1 heterocycles. The van der Waals surface area contributed by atoms with Crippen LogP contribution in [0.1, 0.15) is 21.7 Å². The van der Waals surface area contributed by atoms with Crippen LogP contribution in [0.15, 0.2) is 0 Å². The lowest BCUT2D eigenvalue weighted by Gasteiger charge is -2.02. The molecule has 0 fully saturated rings. The highest BCUT2D eigenvalue weighted by atomic mass is 16.4. The topological polar surface area (TPSA) is 84.2 Å². The van der Waals surface area contributed by atoms with E-state index in [1.807, 2.05) is 0 Å². The molecule has 0 atom stereocenters. The molecule has 1 aromatic rings. The molecule has 15 heavy (non-hydrogen) atoms. The predicted molar refractivity (Wildman–Crippen MR) is 52.7 cm³/mol. The van der Waals surface area contributed by atoms with E-state index in [1.54, 1.807) is 25.6 Å². The van der Waals surface area contributed by atoms with E-state index in [0.717, 1.165) is 5.69 Å². The van der Waals surface area contributed by atoms with Gasteiger partial charge in [-0.1, -0.05) is 0 Å². The first-order valence-electron chi connectivity index (χ1n) is 4.43. The maximum Gasteiger partial charge on any atom is 0.322 e. The summed E-state index contributed by atoms with van der Waals surface area (Å²) in [5, 5.41) is 14.8. The van der Waals surface area contributed by atoms with Crippen molar-refractivity contribution < 1.29 is 14.7 Å². The lowest BCUT2D eigenvalue weighted by Crippen LogP contribution is -2.30. The Morgan fingerprint density at radius 2 is 2.07 bits per heavy atom. The summed E-state index contributed by atoms with van der Waals surface area (Å²) in [6.45, 7) is 3.09.